The predicted octanol–water partition coefficient (Wildman–Crippen LogP) is 3.96. The summed E-state index contributed by atoms with van der Waals surface area (Å²) in [7, 11) is 4.35. The maximum Gasteiger partial charge on any atom is 0.123 e. The van der Waals surface area contributed by atoms with Crippen molar-refractivity contribution >= 4 is 0 Å². The molecule has 0 saturated heterocycles. The van der Waals surface area contributed by atoms with Gasteiger partial charge in [0, 0.05) is 24.2 Å². The number of likely N-dealkylation sites (N-methyl/N-ethyl adjacent to an activating group) is 1. The van der Waals surface area contributed by atoms with E-state index in [1.54, 1.807) is 0 Å². The molecule has 0 spiro atoms. The van der Waals surface area contributed by atoms with Gasteiger partial charge in [0.2, 0.25) is 0 Å². The average molecular weight is 319 g/mol. The van der Waals surface area contributed by atoms with E-state index in [0.29, 0.717) is 17.8 Å². The maximum atomic E-state index is 10.7. The van der Waals surface area contributed by atoms with Gasteiger partial charge >= 0.3 is 0 Å². The fourth-order valence-corrected chi connectivity index (χ4v) is 3.77. The molecule has 2 atom stereocenters. The second-order valence-electron chi connectivity index (χ2n) is 8.37. The van der Waals surface area contributed by atoms with E-state index in [0.717, 1.165) is 17.7 Å². The second kappa shape index (κ2) is 7.23. The first kappa shape index (κ1) is 18.3. The van der Waals surface area contributed by atoms with Crippen molar-refractivity contribution in [1.82, 2.24) is 10.2 Å². The Morgan fingerprint density at radius 1 is 1.17 bits per heavy atom. The molecule has 0 amide bonds. The monoisotopic (exact) mass is 318 g/mol. The van der Waals surface area contributed by atoms with Crippen molar-refractivity contribution in [3.05, 3.63) is 28.8 Å². The van der Waals surface area contributed by atoms with Crippen LogP contribution >= 0.6 is 0 Å². The molecule has 2 N–H and O–H groups in total. The van der Waals surface area contributed by atoms with Crippen LogP contribution in [0.4, 0.5) is 0 Å². The van der Waals surface area contributed by atoms with Crippen molar-refractivity contribution < 1.29 is 5.11 Å². The number of hydrogen-bond donors (Lipinski definition) is 2. The number of benzene rings is 1. The van der Waals surface area contributed by atoms with Gasteiger partial charge in [0.1, 0.15) is 5.75 Å². The Labute approximate surface area is 142 Å². The van der Waals surface area contributed by atoms with Crippen molar-refractivity contribution in [3.63, 3.8) is 0 Å². The zero-order valence-corrected chi connectivity index (χ0v) is 15.7. The zero-order chi connectivity index (χ0) is 17.2. The summed E-state index contributed by atoms with van der Waals surface area (Å²) >= 11 is 0. The van der Waals surface area contributed by atoms with Gasteiger partial charge < -0.3 is 15.3 Å². The first-order chi connectivity index (χ1) is 10.7. The number of aromatic hydroxyl groups is 1. The number of nitrogens with zero attached hydrogens (tertiary/aromatic N) is 1. The van der Waals surface area contributed by atoms with Crippen LogP contribution in [0.2, 0.25) is 0 Å². The Kier molecular flexibility index (Phi) is 5.74. The number of rotatable bonds is 4. The summed E-state index contributed by atoms with van der Waals surface area (Å²) in [6.07, 6.45) is 5.11. The number of phenolic OH excluding ortho intramolecular Hbond substituents is 1. The molecule has 3 nitrogen and oxygen atoms in total. The van der Waals surface area contributed by atoms with Crippen LogP contribution in [0, 0.1) is 6.92 Å². The van der Waals surface area contributed by atoms with Gasteiger partial charge in [-0.3, -0.25) is 0 Å². The quantitative estimate of drug-likeness (QED) is 0.882. The lowest BCUT2D eigenvalue weighted by atomic mass is 9.84. The van der Waals surface area contributed by atoms with Gasteiger partial charge in [-0.1, -0.05) is 51.3 Å². The first-order valence-corrected chi connectivity index (χ1v) is 8.93. The number of aryl methyl sites for hydroxylation is 1. The standard InChI is InChI=1S/C20H34N2O/c1-14-11-15(19(23)16(12-14)20(2,3)4)13-21-17-9-7-8-10-18(17)22(5)6/h11-12,17-18,21,23H,7-10,13H2,1-6H3/t17-,18-/m1/s1. The van der Waals surface area contributed by atoms with Crippen LogP contribution in [-0.2, 0) is 12.0 Å². The fraction of sp³-hybridized carbons (Fsp3) is 0.700. The lowest BCUT2D eigenvalue weighted by Crippen LogP contribution is -2.48. The van der Waals surface area contributed by atoms with Crippen LogP contribution in [0.1, 0.15) is 63.1 Å². The van der Waals surface area contributed by atoms with E-state index in [9.17, 15) is 5.11 Å². The Balaban J connectivity index is 2.15. The summed E-state index contributed by atoms with van der Waals surface area (Å²) in [4.78, 5) is 2.34. The third kappa shape index (κ3) is 4.48. The van der Waals surface area contributed by atoms with Gasteiger partial charge in [0.25, 0.3) is 0 Å². The summed E-state index contributed by atoms with van der Waals surface area (Å²) in [5, 5.41) is 14.4. The van der Waals surface area contributed by atoms with Gasteiger partial charge in [-0.2, -0.15) is 0 Å². The largest absolute Gasteiger partial charge is 0.507 e. The molecule has 23 heavy (non-hydrogen) atoms. The SMILES string of the molecule is Cc1cc(CN[C@@H]2CCCC[C@H]2N(C)C)c(O)c(C(C)(C)C)c1. The molecule has 1 aromatic carbocycles. The molecule has 1 fully saturated rings. The van der Waals surface area contributed by atoms with Gasteiger partial charge in [-0.05, 0) is 44.8 Å². The molecule has 1 aliphatic rings. The highest BCUT2D eigenvalue weighted by Gasteiger charge is 2.27. The molecule has 130 valence electrons. The van der Waals surface area contributed by atoms with Crippen LogP contribution < -0.4 is 5.32 Å². The highest BCUT2D eigenvalue weighted by atomic mass is 16.3. The normalized spacial score (nSPS) is 22.6. The summed E-state index contributed by atoms with van der Waals surface area (Å²) in [5.41, 5.74) is 3.25. The van der Waals surface area contributed by atoms with E-state index in [4.69, 9.17) is 0 Å². The lowest BCUT2D eigenvalue weighted by molar-refractivity contribution is 0.175. The number of phenols is 1. The summed E-state index contributed by atoms with van der Waals surface area (Å²) < 4.78 is 0. The molecule has 0 aromatic heterocycles. The molecular formula is C20H34N2O. The molecular weight excluding hydrogens is 284 g/mol. The minimum atomic E-state index is -0.0398. The van der Waals surface area contributed by atoms with Gasteiger partial charge in [0.15, 0.2) is 0 Å². The number of hydrogen-bond acceptors (Lipinski definition) is 3. The summed E-state index contributed by atoms with van der Waals surface area (Å²) in [6, 6.07) is 5.34. The van der Waals surface area contributed by atoms with Crippen LogP contribution in [0.25, 0.3) is 0 Å². The molecule has 0 aliphatic heterocycles. The van der Waals surface area contributed by atoms with Crippen molar-refractivity contribution in [3.8, 4) is 5.75 Å². The molecule has 2 rings (SSSR count). The van der Waals surface area contributed by atoms with Crippen molar-refractivity contribution in [2.24, 2.45) is 0 Å². The fourth-order valence-electron chi connectivity index (χ4n) is 3.77. The van der Waals surface area contributed by atoms with E-state index in [-0.39, 0.29) is 5.41 Å². The third-order valence-electron chi connectivity index (χ3n) is 5.09. The van der Waals surface area contributed by atoms with Gasteiger partial charge in [0.05, 0.1) is 0 Å². The molecule has 0 radical (unpaired) electrons. The molecule has 1 saturated carbocycles. The van der Waals surface area contributed by atoms with Gasteiger partial charge in [-0.25, -0.2) is 0 Å². The minimum Gasteiger partial charge on any atom is -0.507 e. The molecule has 1 aliphatic carbocycles. The van der Waals surface area contributed by atoms with E-state index < -0.39 is 0 Å². The Morgan fingerprint density at radius 3 is 2.43 bits per heavy atom. The van der Waals surface area contributed by atoms with Gasteiger partial charge in [-0.15, -0.1) is 0 Å². The Bertz CT molecular complexity index is 531. The van der Waals surface area contributed by atoms with E-state index in [1.165, 1.54) is 31.2 Å². The van der Waals surface area contributed by atoms with Crippen LogP contribution in [0.15, 0.2) is 12.1 Å². The Morgan fingerprint density at radius 2 is 1.83 bits per heavy atom. The van der Waals surface area contributed by atoms with Crippen LogP contribution in [0.5, 0.6) is 5.75 Å². The molecule has 0 unspecified atom stereocenters. The first-order valence-electron chi connectivity index (χ1n) is 8.93. The number of nitrogens with one attached hydrogen (secondary N) is 1. The lowest BCUT2D eigenvalue weighted by Gasteiger charge is -2.37. The van der Waals surface area contributed by atoms with Crippen molar-refractivity contribution in [2.75, 3.05) is 14.1 Å². The van der Waals surface area contributed by atoms with E-state index >= 15 is 0 Å². The van der Waals surface area contributed by atoms with Crippen molar-refractivity contribution in [2.45, 2.75) is 77.4 Å². The maximum absolute atomic E-state index is 10.7. The smallest absolute Gasteiger partial charge is 0.123 e. The zero-order valence-electron chi connectivity index (χ0n) is 15.7. The highest BCUT2D eigenvalue weighted by molar-refractivity contribution is 5.46. The van der Waals surface area contributed by atoms with E-state index in [1.807, 2.05) is 0 Å². The molecule has 0 heterocycles. The van der Waals surface area contributed by atoms with Crippen LogP contribution in [-0.4, -0.2) is 36.2 Å². The topological polar surface area (TPSA) is 35.5 Å². The molecule has 3 heteroatoms. The molecule has 0 bridgehead atoms. The van der Waals surface area contributed by atoms with E-state index in [2.05, 4.69) is 64.1 Å². The average Bonchev–Trinajstić information content (AvgIpc) is 2.46. The summed E-state index contributed by atoms with van der Waals surface area (Å²) in [6.45, 7) is 9.32. The minimum absolute atomic E-state index is 0.0398. The second-order valence-corrected chi connectivity index (χ2v) is 8.37. The Hall–Kier alpha value is -1.06. The third-order valence-corrected chi connectivity index (χ3v) is 5.09. The van der Waals surface area contributed by atoms with Crippen molar-refractivity contribution in [1.29, 1.82) is 0 Å². The van der Waals surface area contributed by atoms with Crippen LogP contribution in [0.3, 0.4) is 0 Å². The summed E-state index contributed by atoms with van der Waals surface area (Å²) in [5.74, 6) is 0.466. The highest BCUT2D eigenvalue weighted by Crippen LogP contribution is 2.34. The molecule has 1 aromatic rings. The predicted molar refractivity (Wildman–Crippen MR) is 98.1 cm³/mol.